The molecule has 0 spiro atoms. The first kappa shape index (κ1) is 12.2. The third-order valence-corrected chi connectivity index (χ3v) is 4.02. The molecule has 1 fully saturated rings. The van der Waals surface area contributed by atoms with E-state index in [0.29, 0.717) is 12.4 Å². The van der Waals surface area contributed by atoms with Crippen LogP contribution in [0.5, 0.6) is 0 Å². The molecule has 88 valence electrons. The highest BCUT2D eigenvalue weighted by molar-refractivity contribution is 6.30. The van der Waals surface area contributed by atoms with Crippen LogP contribution in [0, 0.1) is 5.82 Å². The van der Waals surface area contributed by atoms with Crippen molar-refractivity contribution in [2.45, 2.75) is 31.3 Å². The number of hydrogen-bond donors (Lipinski definition) is 1. The van der Waals surface area contributed by atoms with Crippen molar-refractivity contribution >= 4 is 23.2 Å². The van der Waals surface area contributed by atoms with E-state index in [1.165, 1.54) is 12.5 Å². The number of hydrogen-bond acceptors (Lipinski definition) is 1. The monoisotopic (exact) mass is 261 g/mol. The van der Waals surface area contributed by atoms with Crippen molar-refractivity contribution in [2.75, 3.05) is 5.88 Å². The van der Waals surface area contributed by atoms with E-state index < -0.39 is 0 Å². The van der Waals surface area contributed by atoms with Crippen LogP contribution >= 0.6 is 23.2 Å². The van der Waals surface area contributed by atoms with Crippen LogP contribution < -0.4 is 5.32 Å². The lowest BCUT2D eigenvalue weighted by Crippen LogP contribution is -2.52. The standard InChI is InChI=1S/C12H14Cl2FN/c13-8-12(4-1-5-12)16-7-9-2-3-11(15)10(14)6-9/h2-3,6,16H,1,4-5,7-8H2. The summed E-state index contributed by atoms with van der Waals surface area (Å²) in [7, 11) is 0. The lowest BCUT2D eigenvalue weighted by atomic mass is 9.78. The Bertz CT molecular complexity index is 372. The minimum absolute atomic E-state index is 0.0857. The van der Waals surface area contributed by atoms with Gasteiger partial charge in [-0.3, -0.25) is 0 Å². The van der Waals surface area contributed by atoms with Crippen LogP contribution in [-0.2, 0) is 6.54 Å². The molecular weight excluding hydrogens is 248 g/mol. The van der Waals surface area contributed by atoms with Crippen molar-refractivity contribution < 1.29 is 4.39 Å². The zero-order valence-corrected chi connectivity index (χ0v) is 10.4. The molecule has 2 rings (SSSR count). The van der Waals surface area contributed by atoms with Gasteiger partial charge in [0.15, 0.2) is 0 Å². The molecular formula is C12H14Cl2FN. The van der Waals surface area contributed by atoms with E-state index in [-0.39, 0.29) is 16.4 Å². The largest absolute Gasteiger partial charge is 0.306 e. The van der Waals surface area contributed by atoms with Gasteiger partial charge in [-0.15, -0.1) is 11.6 Å². The summed E-state index contributed by atoms with van der Waals surface area (Å²) in [4.78, 5) is 0. The van der Waals surface area contributed by atoms with Crippen LogP contribution in [0.1, 0.15) is 24.8 Å². The van der Waals surface area contributed by atoms with E-state index >= 15 is 0 Å². The van der Waals surface area contributed by atoms with Gasteiger partial charge in [-0.25, -0.2) is 4.39 Å². The first-order valence-corrected chi connectivity index (χ1v) is 6.31. The molecule has 16 heavy (non-hydrogen) atoms. The fourth-order valence-electron chi connectivity index (χ4n) is 1.90. The van der Waals surface area contributed by atoms with Crippen molar-refractivity contribution in [3.05, 3.63) is 34.6 Å². The summed E-state index contributed by atoms with van der Waals surface area (Å²) in [6, 6.07) is 4.80. The Kier molecular flexibility index (Phi) is 3.73. The molecule has 1 aromatic rings. The third-order valence-electron chi connectivity index (χ3n) is 3.22. The molecule has 0 unspecified atom stereocenters. The number of halogens is 3. The lowest BCUT2D eigenvalue weighted by Gasteiger charge is -2.41. The van der Waals surface area contributed by atoms with Gasteiger partial charge in [-0.05, 0) is 37.0 Å². The molecule has 0 radical (unpaired) electrons. The smallest absolute Gasteiger partial charge is 0.141 e. The Morgan fingerprint density at radius 1 is 1.38 bits per heavy atom. The van der Waals surface area contributed by atoms with E-state index in [9.17, 15) is 4.39 Å². The average Bonchev–Trinajstić information content (AvgIpc) is 2.22. The van der Waals surface area contributed by atoms with Crippen LogP contribution in [0.3, 0.4) is 0 Å². The first-order valence-electron chi connectivity index (χ1n) is 5.40. The van der Waals surface area contributed by atoms with Crippen LogP contribution in [-0.4, -0.2) is 11.4 Å². The second-order valence-corrected chi connectivity index (χ2v) is 5.04. The molecule has 1 N–H and O–H groups in total. The Morgan fingerprint density at radius 2 is 2.12 bits per heavy atom. The van der Waals surface area contributed by atoms with Gasteiger partial charge >= 0.3 is 0 Å². The zero-order valence-electron chi connectivity index (χ0n) is 8.90. The van der Waals surface area contributed by atoms with Crippen LogP contribution in [0.15, 0.2) is 18.2 Å². The van der Waals surface area contributed by atoms with Gasteiger partial charge in [0.1, 0.15) is 5.82 Å². The van der Waals surface area contributed by atoms with Gasteiger partial charge in [0.05, 0.1) is 5.02 Å². The van der Waals surface area contributed by atoms with Gasteiger partial charge in [-0.1, -0.05) is 17.7 Å². The Morgan fingerprint density at radius 3 is 2.62 bits per heavy atom. The van der Waals surface area contributed by atoms with Gasteiger partial charge in [0.25, 0.3) is 0 Å². The lowest BCUT2D eigenvalue weighted by molar-refractivity contribution is 0.211. The molecule has 1 nitrogen and oxygen atoms in total. The topological polar surface area (TPSA) is 12.0 Å². The molecule has 0 heterocycles. The fraction of sp³-hybridized carbons (Fsp3) is 0.500. The minimum Gasteiger partial charge on any atom is -0.306 e. The second kappa shape index (κ2) is 4.91. The van der Waals surface area contributed by atoms with Crippen molar-refractivity contribution in [2.24, 2.45) is 0 Å². The van der Waals surface area contributed by atoms with Gasteiger partial charge < -0.3 is 5.32 Å². The summed E-state index contributed by atoms with van der Waals surface area (Å²) in [6.07, 6.45) is 3.46. The molecule has 1 saturated carbocycles. The molecule has 1 aliphatic carbocycles. The van der Waals surface area contributed by atoms with Crippen LogP contribution in [0.25, 0.3) is 0 Å². The summed E-state index contributed by atoms with van der Waals surface area (Å²) in [5, 5.41) is 3.61. The van der Waals surface area contributed by atoms with Crippen molar-refractivity contribution in [3.63, 3.8) is 0 Å². The van der Waals surface area contributed by atoms with E-state index in [0.717, 1.165) is 18.4 Å². The number of alkyl halides is 1. The van der Waals surface area contributed by atoms with E-state index in [1.54, 1.807) is 12.1 Å². The Balaban J connectivity index is 1.96. The maximum Gasteiger partial charge on any atom is 0.141 e. The molecule has 0 aliphatic heterocycles. The first-order chi connectivity index (χ1) is 7.65. The molecule has 4 heteroatoms. The number of nitrogens with one attached hydrogen (secondary N) is 1. The molecule has 1 aliphatic rings. The van der Waals surface area contributed by atoms with E-state index in [2.05, 4.69) is 5.32 Å². The summed E-state index contributed by atoms with van der Waals surface area (Å²) >= 11 is 11.7. The molecule has 1 aromatic carbocycles. The fourth-order valence-corrected chi connectivity index (χ4v) is 2.47. The van der Waals surface area contributed by atoms with Crippen LogP contribution in [0.4, 0.5) is 4.39 Å². The highest BCUT2D eigenvalue weighted by Crippen LogP contribution is 2.33. The predicted octanol–water partition coefficient (Wildman–Crippen LogP) is 3.73. The predicted molar refractivity (Wildman–Crippen MR) is 65.6 cm³/mol. The minimum atomic E-state index is -0.374. The third kappa shape index (κ3) is 2.50. The Hall–Kier alpha value is -0.310. The molecule has 0 amide bonds. The zero-order chi connectivity index (χ0) is 11.6. The van der Waals surface area contributed by atoms with Gasteiger partial charge in [-0.2, -0.15) is 0 Å². The van der Waals surface area contributed by atoms with Gasteiger partial charge in [0.2, 0.25) is 0 Å². The summed E-state index contributed by atoms with van der Waals surface area (Å²) in [5.41, 5.74) is 1.07. The maximum absolute atomic E-state index is 12.9. The summed E-state index contributed by atoms with van der Waals surface area (Å²) < 4.78 is 12.9. The van der Waals surface area contributed by atoms with Crippen molar-refractivity contribution in [1.29, 1.82) is 0 Å². The summed E-state index contributed by atoms with van der Waals surface area (Å²) in [6.45, 7) is 0.687. The van der Waals surface area contributed by atoms with Gasteiger partial charge in [0, 0.05) is 18.0 Å². The molecule has 0 atom stereocenters. The highest BCUT2D eigenvalue weighted by atomic mass is 35.5. The molecule has 0 aromatic heterocycles. The van der Waals surface area contributed by atoms with E-state index in [1.807, 2.05) is 0 Å². The normalized spacial score (nSPS) is 18.2. The van der Waals surface area contributed by atoms with Crippen molar-refractivity contribution in [3.8, 4) is 0 Å². The Labute approximate surface area is 105 Å². The average molecular weight is 262 g/mol. The molecule has 0 bridgehead atoms. The van der Waals surface area contributed by atoms with Crippen molar-refractivity contribution in [1.82, 2.24) is 5.32 Å². The second-order valence-electron chi connectivity index (χ2n) is 4.37. The van der Waals surface area contributed by atoms with Crippen LogP contribution in [0.2, 0.25) is 5.02 Å². The van der Waals surface area contributed by atoms with E-state index in [4.69, 9.17) is 23.2 Å². The summed E-state index contributed by atoms with van der Waals surface area (Å²) in [5.74, 6) is 0.253. The number of benzene rings is 1. The maximum atomic E-state index is 12.9. The quantitative estimate of drug-likeness (QED) is 0.815. The highest BCUT2D eigenvalue weighted by Gasteiger charge is 2.35. The SMILES string of the molecule is Fc1ccc(CNC2(CCl)CCC2)cc1Cl. The molecule has 0 saturated heterocycles. The number of rotatable bonds is 4.